The van der Waals surface area contributed by atoms with Gasteiger partial charge in [-0.1, -0.05) is 109 Å². The Kier molecular flexibility index (Phi) is 7.33. The van der Waals surface area contributed by atoms with Crippen molar-refractivity contribution in [3.05, 3.63) is 138 Å². The van der Waals surface area contributed by atoms with Crippen molar-refractivity contribution in [2.24, 2.45) is 0 Å². The molecule has 5 rings (SSSR count). The lowest BCUT2D eigenvalue weighted by atomic mass is 9.81. The van der Waals surface area contributed by atoms with E-state index in [1.165, 1.54) is 7.11 Å². The first-order chi connectivity index (χ1) is 18.0. The molecule has 0 spiro atoms. The molecule has 1 saturated heterocycles. The minimum Gasteiger partial charge on any atom is -0.468 e. The minimum atomic E-state index is -1.59. The molecule has 1 aliphatic rings. The fourth-order valence-corrected chi connectivity index (χ4v) is 6.61. The molecule has 1 fully saturated rings. The Morgan fingerprint density at radius 2 is 1.38 bits per heavy atom. The van der Waals surface area contributed by atoms with E-state index in [1.54, 1.807) is 0 Å². The first-order valence-electron chi connectivity index (χ1n) is 12.3. The number of esters is 1. The summed E-state index contributed by atoms with van der Waals surface area (Å²) in [7, 11) is -0.176. The Hall–Kier alpha value is -3.58. The van der Waals surface area contributed by atoms with Crippen molar-refractivity contribution < 1.29 is 13.7 Å². The summed E-state index contributed by atoms with van der Waals surface area (Å²) in [6.07, 6.45) is -0.137. The summed E-state index contributed by atoms with van der Waals surface area (Å²) in [5, 5.41) is 3.64. The highest BCUT2D eigenvalue weighted by molar-refractivity contribution is 7.82. The molecule has 0 saturated carbocycles. The number of carbonyl (C=O) groups is 1. The number of ether oxygens (including phenoxy) is 1. The van der Waals surface area contributed by atoms with E-state index in [9.17, 15) is 9.00 Å². The standard InChI is InChI=1S/C31H30N2O3S/c1-23-18-20-27(21-19-23)37(35)33-28(25-14-8-4-9-15-25)31(30(34)36-2,22-24-12-6-3-7-13-24)32-29(33)26-16-10-5-11-17-26/h3-21,28-29,32H,22H2,1-2H3/t28-,29+,31-,37-/m0/s1. The first-order valence-corrected chi connectivity index (χ1v) is 13.4. The zero-order valence-electron chi connectivity index (χ0n) is 20.9. The molecule has 5 nitrogen and oxygen atoms in total. The zero-order valence-corrected chi connectivity index (χ0v) is 21.7. The van der Waals surface area contributed by atoms with Crippen LogP contribution in [0.2, 0.25) is 0 Å². The molecular formula is C31H30N2O3S. The topological polar surface area (TPSA) is 58.6 Å². The second-order valence-electron chi connectivity index (χ2n) is 9.32. The van der Waals surface area contributed by atoms with Crippen LogP contribution < -0.4 is 5.32 Å². The van der Waals surface area contributed by atoms with Crippen LogP contribution >= 0.6 is 0 Å². The number of nitrogens with zero attached hydrogens (tertiary/aromatic N) is 1. The Labute approximate surface area is 220 Å². The van der Waals surface area contributed by atoms with E-state index >= 15 is 0 Å². The third-order valence-corrected chi connectivity index (χ3v) is 8.37. The number of carbonyl (C=O) groups excluding carboxylic acids is 1. The fourth-order valence-electron chi connectivity index (χ4n) is 5.14. The quantitative estimate of drug-likeness (QED) is 0.333. The predicted molar refractivity (Wildman–Crippen MR) is 146 cm³/mol. The van der Waals surface area contributed by atoms with Gasteiger partial charge < -0.3 is 4.74 Å². The van der Waals surface area contributed by atoms with Crippen LogP contribution in [0.1, 0.15) is 34.5 Å². The van der Waals surface area contributed by atoms with Crippen LogP contribution in [0.3, 0.4) is 0 Å². The highest BCUT2D eigenvalue weighted by Gasteiger charge is 2.60. The van der Waals surface area contributed by atoms with Gasteiger partial charge in [0.05, 0.1) is 24.2 Å². The van der Waals surface area contributed by atoms with E-state index in [0.29, 0.717) is 11.3 Å². The van der Waals surface area contributed by atoms with Gasteiger partial charge in [0, 0.05) is 6.42 Å². The second kappa shape index (κ2) is 10.8. The molecule has 0 amide bonds. The van der Waals surface area contributed by atoms with Gasteiger partial charge >= 0.3 is 5.97 Å². The molecule has 4 atom stereocenters. The molecule has 0 bridgehead atoms. The first kappa shape index (κ1) is 25.1. The molecule has 4 aromatic carbocycles. The van der Waals surface area contributed by atoms with Crippen molar-refractivity contribution in [1.29, 1.82) is 0 Å². The normalized spacial score (nSPS) is 22.4. The van der Waals surface area contributed by atoms with Gasteiger partial charge in [0.15, 0.2) is 0 Å². The molecule has 6 heteroatoms. The van der Waals surface area contributed by atoms with Gasteiger partial charge in [0.1, 0.15) is 16.5 Å². The summed E-state index contributed by atoms with van der Waals surface area (Å²) >= 11 is 0. The number of aryl methyl sites for hydroxylation is 1. The lowest BCUT2D eigenvalue weighted by Gasteiger charge is -2.35. The molecule has 0 aromatic heterocycles. The predicted octanol–water partition coefficient (Wildman–Crippen LogP) is 5.52. The van der Waals surface area contributed by atoms with E-state index in [1.807, 2.05) is 126 Å². The molecule has 4 aromatic rings. The van der Waals surface area contributed by atoms with E-state index in [2.05, 4.69) is 5.32 Å². The molecule has 0 unspecified atom stereocenters. The van der Waals surface area contributed by atoms with Crippen molar-refractivity contribution in [1.82, 2.24) is 9.62 Å². The van der Waals surface area contributed by atoms with Crippen molar-refractivity contribution in [2.75, 3.05) is 7.11 Å². The van der Waals surface area contributed by atoms with Gasteiger partial charge in [-0.05, 0) is 35.7 Å². The monoisotopic (exact) mass is 510 g/mol. The van der Waals surface area contributed by atoms with Crippen LogP contribution in [0.25, 0.3) is 0 Å². The summed E-state index contributed by atoms with van der Waals surface area (Å²) in [6, 6.07) is 36.7. The smallest absolute Gasteiger partial charge is 0.328 e. The maximum atomic E-state index is 14.4. The van der Waals surface area contributed by atoms with Gasteiger partial charge in [-0.15, -0.1) is 0 Å². The SMILES string of the molecule is COC(=O)[C@@]1(Cc2ccccc2)N[C@@H](c2ccccc2)N([S@@](=O)c2ccc(C)cc2)[C@H]1c1ccccc1. The molecule has 188 valence electrons. The molecule has 1 aliphatic heterocycles. The van der Waals surface area contributed by atoms with E-state index in [4.69, 9.17) is 4.74 Å². The van der Waals surface area contributed by atoms with Crippen LogP contribution in [0, 0.1) is 6.92 Å². The van der Waals surface area contributed by atoms with Crippen LogP contribution in [0.15, 0.2) is 120 Å². The van der Waals surface area contributed by atoms with Gasteiger partial charge in [0.25, 0.3) is 0 Å². The summed E-state index contributed by atoms with van der Waals surface area (Å²) in [5.74, 6) is -0.394. The number of methoxy groups -OCH3 is 1. The van der Waals surface area contributed by atoms with Crippen molar-refractivity contribution >= 4 is 17.0 Å². The van der Waals surface area contributed by atoms with Crippen LogP contribution in [0.5, 0.6) is 0 Å². The van der Waals surface area contributed by atoms with Crippen molar-refractivity contribution in [2.45, 2.75) is 36.0 Å². The van der Waals surface area contributed by atoms with Crippen molar-refractivity contribution in [3.63, 3.8) is 0 Å². The van der Waals surface area contributed by atoms with Crippen LogP contribution in [0.4, 0.5) is 0 Å². The Morgan fingerprint density at radius 1 is 0.838 bits per heavy atom. The number of nitrogens with one attached hydrogen (secondary N) is 1. The third-order valence-electron chi connectivity index (χ3n) is 6.89. The molecule has 1 heterocycles. The summed E-state index contributed by atoms with van der Waals surface area (Å²) < 4.78 is 21.8. The average Bonchev–Trinajstić information content (AvgIpc) is 3.30. The Morgan fingerprint density at radius 3 is 1.95 bits per heavy atom. The lowest BCUT2D eigenvalue weighted by Crippen LogP contribution is -2.54. The number of rotatable bonds is 7. The Balaban J connectivity index is 1.74. The third kappa shape index (κ3) is 4.88. The Bertz CT molecular complexity index is 1360. The van der Waals surface area contributed by atoms with Crippen LogP contribution in [-0.2, 0) is 26.9 Å². The maximum Gasteiger partial charge on any atom is 0.328 e. The number of benzene rings is 4. The second-order valence-corrected chi connectivity index (χ2v) is 10.7. The molecule has 1 N–H and O–H groups in total. The molecular weight excluding hydrogens is 480 g/mol. The summed E-state index contributed by atoms with van der Waals surface area (Å²) in [5.41, 5.74) is 2.68. The van der Waals surface area contributed by atoms with Crippen molar-refractivity contribution in [3.8, 4) is 0 Å². The fraction of sp³-hybridized carbons (Fsp3) is 0.194. The summed E-state index contributed by atoms with van der Waals surface area (Å²) in [6.45, 7) is 2.01. The lowest BCUT2D eigenvalue weighted by molar-refractivity contribution is -0.149. The van der Waals surface area contributed by atoms with Crippen LogP contribution in [-0.4, -0.2) is 27.1 Å². The van der Waals surface area contributed by atoms with Gasteiger partial charge in [-0.2, -0.15) is 4.31 Å². The minimum absolute atomic E-state index is 0.366. The van der Waals surface area contributed by atoms with Gasteiger partial charge in [0.2, 0.25) is 0 Å². The van der Waals surface area contributed by atoms with E-state index < -0.39 is 34.7 Å². The number of hydrogen-bond acceptors (Lipinski definition) is 4. The molecule has 37 heavy (non-hydrogen) atoms. The highest BCUT2D eigenvalue weighted by atomic mass is 32.2. The van der Waals surface area contributed by atoms with E-state index in [0.717, 1.165) is 22.3 Å². The maximum absolute atomic E-state index is 14.4. The molecule has 0 aliphatic carbocycles. The van der Waals surface area contributed by atoms with Gasteiger partial charge in [-0.25, -0.2) is 9.00 Å². The average molecular weight is 511 g/mol. The number of hydrogen-bond donors (Lipinski definition) is 1. The zero-order chi connectivity index (χ0) is 25.8. The van der Waals surface area contributed by atoms with Gasteiger partial charge in [-0.3, -0.25) is 5.32 Å². The largest absolute Gasteiger partial charge is 0.468 e. The summed E-state index contributed by atoms with van der Waals surface area (Å²) in [4.78, 5) is 14.5. The van der Waals surface area contributed by atoms with E-state index in [-0.39, 0.29) is 0 Å². The highest BCUT2D eigenvalue weighted by Crippen LogP contribution is 2.48. The molecule has 0 radical (unpaired) electrons.